The van der Waals surface area contributed by atoms with E-state index in [4.69, 9.17) is 9.47 Å². The van der Waals surface area contributed by atoms with E-state index in [-0.39, 0.29) is 44.2 Å². The molecule has 0 saturated heterocycles. The van der Waals surface area contributed by atoms with Crippen molar-refractivity contribution < 1.29 is 24.2 Å². The molecule has 1 rings (SSSR count). The lowest BCUT2D eigenvalue weighted by Crippen LogP contribution is -2.29. The van der Waals surface area contributed by atoms with Crippen LogP contribution in [0.4, 0.5) is 0 Å². The Morgan fingerprint density at radius 2 is 1.50 bits per heavy atom. The van der Waals surface area contributed by atoms with E-state index >= 15 is 0 Å². The lowest BCUT2D eigenvalue weighted by Gasteiger charge is -2.24. The summed E-state index contributed by atoms with van der Waals surface area (Å²) in [6.07, 6.45) is 0.703. The van der Waals surface area contributed by atoms with E-state index in [1.54, 1.807) is 27.7 Å². The number of ether oxygens (including phenoxy) is 2. The zero-order valence-corrected chi connectivity index (χ0v) is 15.0. The molecule has 0 fully saturated rings. The highest BCUT2D eigenvalue weighted by molar-refractivity contribution is 5.70. The minimum atomic E-state index is -1.11. The molecule has 0 bridgehead atoms. The molecule has 0 aliphatic rings. The normalized spacial score (nSPS) is 13.9. The van der Waals surface area contributed by atoms with Crippen LogP contribution in [0.15, 0.2) is 30.3 Å². The molecule has 1 aromatic carbocycles. The van der Waals surface area contributed by atoms with E-state index in [1.807, 2.05) is 30.3 Å². The van der Waals surface area contributed by atoms with Crippen LogP contribution < -0.4 is 0 Å². The Morgan fingerprint density at radius 3 is 2.04 bits per heavy atom. The second kappa shape index (κ2) is 8.83. The molecule has 24 heavy (non-hydrogen) atoms. The van der Waals surface area contributed by atoms with Crippen molar-refractivity contribution in [1.82, 2.24) is 0 Å². The van der Waals surface area contributed by atoms with E-state index in [0.717, 1.165) is 5.56 Å². The van der Waals surface area contributed by atoms with Crippen LogP contribution >= 0.6 is 0 Å². The zero-order chi connectivity index (χ0) is 18.2. The maximum atomic E-state index is 11.8. The number of aliphatic hydroxyl groups is 1. The molecule has 0 saturated carbocycles. The fraction of sp³-hybridized carbons (Fsp3) is 0.579. The summed E-state index contributed by atoms with van der Waals surface area (Å²) in [7, 11) is 0. The number of rotatable bonds is 8. The van der Waals surface area contributed by atoms with Crippen LogP contribution in [0.25, 0.3) is 0 Å². The molecule has 0 radical (unpaired) electrons. The summed E-state index contributed by atoms with van der Waals surface area (Å²) in [6.45, 7) is 7.23. The van der Waals surface area contributed by atoms with Gasteiger partial charge in [0.15, 0.2) is 0 Å². The van der Waals surface area contributed by atoms with Crippen molar-refractivity contribution in [3.63, 3.8) is 0 Å². The summed E-state index contributed by atoms with van der Waals surface area (Å²) < 4.78 is 10.4. The summed E-state index contributed by atoms with van der Waals surface area (Å²) >= 11 is 0. The molecule has 134 valence electrons. The van der Waals surface area contributed by atoms with Crippen LogP contribution in [0, 0.1) is 0 Å². The van der Waals surface area contributed by atoms with Gasteiger partial charge in [-0.2, -0.15) is 0 Å². The second-order valence-electron chi connectivity index (χ2n) is 7.23. The minimum absolute atomic E-state index is 0.105. The third kappa shape index (κ3) is 9.30. The van der Waals surface area contributed by atoms with Crippen LogP contribution in [-0.4, -0.2) is 28.2 Å². The smallest absolute Gasteiger partial charge is 0.306 e. The molecule has 0 aromatic heterocycles. The number of esters is 2. The third-order valence-corrected chi connectivity index (χ3v) is 3.40. The summed E-state index contributed by atoms with van der Waals surface area (Å²) in [5, 5.41) is 10.3. The summed E-state index contributed by atoms with van der Waals surface area (Å²) in [4.78, 5) is 23.4. The number of hydrogen-bond acceptors (Lipinski definition) is 5. The van der Waals surface area contributed by atoms with Gasteiger partial charge in [-0.25, -0.2) is 0 Å². The number of carbonyl (C=O) groups excluding carboxylic acids is 2. The van der Waals surface area contributed by atoms with Crippen molar-refractivity contribution in [3.8, 4) is 0 Å². The third-order valence-electron chi connectivity index (χ3n) is 3.40. The van der Waals surface area contributed by atoms with Crippen LogP contribution in [0.5, 0.6) is 0 Å². The van der Waals surface area contributed by atoms with Crippen molar-refractivity contribution in [3.05, 3.63) is 35.9 Å². The fourth-order valence-corrected chi connectivity index (χ4v) is 2.07. The van der Waals surface area contributed by atoms with Gasteiger partial charge in [-0.15, -0.1) is 0 Å². The maximum Gasteiger partial charge on any atom is 0.306 e. The van der Waals surface area contributed by atoms with Gasteiger partial charge in [0.1, 0.15) is 12.2 Å². The molecule has 0 spiro atoms. The van der Waals surface area contributed by atoms with E-state index in [9.17, 15) is 14.7 Å². The topological polar surface area (TPSA) is 72.8 Å². The van der Waals surface area contributed by atoms with Crippen molar-refractivity contribution >= 4 is 11.9 Å². The van der Waals surface area contributed by atoms with Crippen LogP contribution in [-0.2, 0) is 25.7 Å². The Hall–Kier alpha value is -1.88. The van der Waals surface area contributed by atoms with Gasteiger partial charge in [-0.1, -0.05) is 30.3 Å². The first-order chi connectivity index (χ1) is 11.1. The van der Waals surface area contributed by atoms with E-state index < -0.39 is 11.2 Å². The first-order valence-electron chi connectivity index (χ1n) is 8.21. The SMILES string of the molecule is CC(O)(CCC(=O)OCc1ccccc1)CCC(=O)OC(C)(C)C. The minimum Gasteiger partial charge on any atom is -0.461 e. The highest BCUT2D eigenvalue weighted by Gasteiger charge is 2.25. The van der Waals surface area contributed by atoms with Crippen molar-refractivity contribution in [2.24, 2.45) is 0 Å². The van der Waals surface area contributed by atoms with Gasteiger partial charge in [0, 0.05) is 12.8 Å². The molecule has 0 aliphatic heterocycles. The van der Waals surface area contributed by atoms with E-state index in [0.29, 0.717) is 0 Å². The van der Waals surface area contributed by atoms with Crippen molar-refractivity contribution in [2.75, 3.05) is 0 Å². The standard InChI is InChI=1S/C19H28O5/c1-18(2,3)24-17(21)11-13-19(4,22)12-10-16(20)23-14-15-8-6-5-7-9-15/h5-9,22H,10-14H2,1-4H3. The van der Waals surface area contributed by atoms with Crippen LogP contribution in [0.1, 0.15) is 58.9 Å². The molecule has 0 heterocycles. The number of hydrogen-bond donors (Lipinski definition) is 1. The van der Waals surface area contributed by atoms with Gasteiger partial charge >= 0.3 is 11.9 Å². The molecule has 1 unspecified atom stereocenters. The van der Waals surface area contributed by atoms with Crippen molar-refractivity contribution in [1.29, 1.82) is 0 Å². The Kier molecular flexibility index (Phi) is 7.42. The van der Waals surface area contributed by atoms with E-state index in [2.05, 4.69) is 0 Å². The lowest BCUT2D eigenvalue weighted by molar-refractivity contribution is -0.156. The average molecular weight is 336 g/mol. The maximum absolute atomic E-state index is 11.8. The molecular formula is C19H28O5. The first kappa shape index (κ1) is 20.2. The molecule has 0 amide bonds. The zero-order valence-electron chi connectivity index (χ0n) is 15.0. The second-order valence-corrected chi connectivity index (χ2v) is 7.23. The Bertz CT molecular complexity index is 528. The largest absolute Gasteiger partial charge is 0.461 e. The molecule has 1 atom stereocenters. The highest BCUT2D eigenvalue weighted by Crippen LogP contribution is 2.20. The summed E-state index contributed by atoms with van der Waals surface area (Å²) in [5.41, 5.74) is -0.727. The van der Waals surface area contributed by atoms with Gasteiger partial charge in [-0.3, -0.25) is 9.59 Å². The summed E-state index contributed by atoms with van der Waals surface area (Å²) in [5.74, 6) is -0.717. The monoisotopic (exact) mass is 336 g/mol. The van der Waals surface area contributed by atoms with Crippen LogP contribution in [0.3, 0.4) is 0 Å². The van der Waals surface area contributed by atoms with Crippen molar-refractivity contribution in [2.45, 2.75) is 71.2 Å². The van der Waals surface area contributed by atoms with Gasteiger partial charge in [0.25, 0.3) is 0 Å². The van der Waals surface area contributed by atoms with Gasteiger partial charge in [0.2, 0.25) is 0 Å². The molecule has 1 N–H and O–H groups in total. The molecule has 5 heteroatoms. The molecule has 0 aliphatic carbocycles. The van der Waals surface area contributed by atoms with Crippen LogP contribution in [0.2, 0.25) is 0 Å². The fourth-order valence-electron chi connectivity index (χ4n) is 2.07. The summed E-state index contributed by atoms with van der Waals surface area (Å²) in [6, 6.07) is 9.41. The average Bonchev–Trinajstić information content (AvgIpc) is 2.49. The lowest BCUT2D eigenvalue weighted by atomic mass is 9.94. The molecule has 1 aromatic rings. The van der Waals surface area contributed by atoms with Gasteiger partial charge in [0.05, 0.1) is 5.60 Å². The quantitative estimate of drug-likeness (QED) is 0.737. The predicted molar refractivity (Wildman–Crippen MR) is 91.2 cm³/mol. The first-order valence-corrected chi connectivity index (χ1v) is 8.21. The van der Waals surface area contributed by atoms with Gasteiger partial charge in [-0.05, 0) is 46.1 Å². The highest BCUT2D eigenvalue weighted by atomic mass is 16.6. The number of benzene rings is 1. The van der Waals surface area contributed by atoms with Gasteiger partial charge < -0.3 is 14.6 Å². The Balaban J connectivity index is 2.28. The number of carbonyl (C=O) groups is 2. The molecule has 5 nitrogen and oxygen atoms in total. The Morgan fingerprint density at radius 1 is 0.958 bits per heavy atom. The van der Waals surface area contributed by atoms with E-state index in [1.165, 1.54) is 0 Å². The predicted octanol–water partition coefficient (Wildman–Crippen LogP) is 3.38. The Labute approximate surface area is 144 Å². The molecular weight excluding hydrogens is 308 g/mol.